The van der Waals surface area contributed by atoms with E-state index in [0.717, 1.165) is 0 Å². The van der Waals surface area contributed by atoms with Crippen LogP contribution in [0, 0.1) is 11.3 Å². The number of nitrogens with zero attached hydrogens (tertiary/aromatic N) is 1. The number of rotatable bonds is 3. The van der Waals surface area contributed by atoms with Crippen LogP contribution in [0.5, 0.6) is 0 Å². The molecule has 0 saturated carbocycles. The first-order valence-electron chi connectivity index (χ1n) is 5.72. The number of hydrogen-bond acceptors (Lipinski definition) is 3. The van der Waals surface area contributed by atoms with Crippen LogP contribution in [0.1, 0.15) is 43.6 Å². The molecule has 18 heavy (non-hydrogen) atoms. The summed E-state index contributed by atoms with van der Waals surface area (Å²) in [5.74, 6) is -0.306. The van der Waals surface area contributed by atoms with Crippen LogP contribution in [0.2, 0.25) is 0 Å². The highest BCUT2D eigenvalue weighted by atomic mass is 16.3. The zero-order chi connectivity index (χ0) is 14.0. The van der Waals surface area contributed by atoms with Crippen molar-refractivity contribution in [3.05, 3.63) is 35.4 Å². The van der Waals surface area contributed by atoms with Crippen molar-refractivity contribution in [1.82, 2.24) is 5.32 Å². The van der Waals surface area contributed by atoms with Gasteiger partial charge in [0, 0.05) is 5.56 Å². The number of carbonyl (C=O) groups is 1. The molecule has 0 bridgehead atoms. The summed E-state index contributed by atoms with van der Waals surface area (Å²) in [6, 6.07) is 8.44. The average Bonchev–Trinajstić information content (AvgIpc) is 2.27. The van der Waals surface area contributed by atoms with Crippen LogP contribution in [0.15, 0.2) is 24.3 Å². The topological polar surface area (TPSA) is 73.1 Å². The minimum absolute atomic E-state index is 0.306. The third-order valence-corrected chi connectivity index (χ3v) is 3.21. The first-order valence-corrected chi connectivity index (χ1v) is 5.72. The summed E-state index contributed by atoms with van der Waals surface area (Å²) in [4.78, 5) is 12.0. The van der Waals surface area contributed by atoms with Crippen LogP contribution in [0.25, 0.3) is 0 Å². The van der Waals surface area contributed by atoms with Gasteiger partial charge < -0.3 is 10.4 Å². The van der Waals surface area contributed by atoms with Crippen molar-refractivity contribution >= 4 is 5.91 Å². The Balaban J connectivity index is 2.93. The summed E-state index contributed by atoms with van der Waals surface area (Å²) in [6.07, 6.45) is 0. The van der Waals surface area contributed by atoms with Crippen molar-refractivity contribution in [3.63, 3.8) is 0 Å². The maximum absolute atomic E-state index is 12.0. The Bertz CT molecular complexity index is 493. The Kier molecular flexibility index (Phi) is 3.78. The smallest absolute Gasteiger partial charge is 0.251 e. The van der Waals surface area contributed by atoms with Crippen molar-refractivity contribution in [2.75, 3.05) is 0 Å². The molecular formula is C14H18N2O2. The maximum atomic E-state index is 12.0. The predicted octanol–water partition coefficient (Wildman–Crippen LogP) is 1.84. The molecule has 0 aliphatic rings. The van der Waals surface area contributed by atoms with Crippen molar-refractivity contribution in [2.45, 2.75) is 38.8 Å². The standard InChI is InChI=1S/C14H18N2O2/c1-13(2,14(3,4)18)16-12(17)11-7-5-6-10(8-11)9-15/h5-8,18H,1-4H3,(H,16,17). The Morgan fingerprint density at radius 3 is 2.44 bits per heavy atom. The number of benzene rings is 1. The maximum Gasteiger partial charge on any atom is 0.251 e. The Morgan fingerprint density at radius 2 is 1.94 bits per heavy atom. The van der Waals surface area contributed by atoms with Gasteiger partial charge in [-0.25, -0.2) is 0 Å². The lowest BCUT2D eigenvalue weighted by Crippen LogP contribution is -2.57. The van der Waals surface area contributed by atoms with Gasteiger partial charge in [0.05, 0.1) is 22.8 Å². The lowest BCUT2D eigenvalue weighted by atomic mass is 9.85. The number of amides is 1. The molecule has 0 aliphatic carbocycles. The fourth-order valence-electron chi connectivity index (χ4n) is 1.24. The van der Waals surface area contributed by atoms with Crippen molar-refractivity contribution in [1.29, 1.82) is 5.26 Å². The van der Waals surface area contributed by atoms with Crippen LogP contribution in [0.4, 0.5) is 0 Å². The molecule has 1 aromatic carbocycles. The highest BCUT2D eigenvalue weighted by Gasteiger charge is 2.36. The summed E-state index contributed by atoms with van der Waals surface area (Å²) in [7, 11) is 0. The Hall–Kier alpha value is -1.86. The predicted molar refractivity (Wildman–Crippen MR) is 69.0 cm³/mol. The second kappa shape index (κ2) is 4.79. The zero-order valence-corrected chi connectivity index (χ0v) is 11.1. The molecule has 4 heteroatoms. The molecule has 0 heterocycles. The van der Waals surface area contributed by atoms with Crippen LogP contribution in [0.3, 0.4) is 0 Å². The highest BCUT2D eigenvalue weighted by molar-refractivity contribution is 5.95. The number of carbonyl (C=O) groups excluding carboxylic acids is 1. The minimum atomic E-state index is -1.05. The number of aliphatic hydroxyl groups is 1. The second-order valence-corrected chi connectivity index (χ2v) is 5.33. The summed E-state index contributed by atoms with van der Waals surface area (Å²) >= 11 is 0. The summed E-state index contributed by atoms with van der Waals surface area (Å²) in [6.45, 7) is 6.77. The molecular weight excluding hydrogens is 228 g/mol. The molecule has 1 aromatic rings. The zero-order valence-electron chi connectivity index (χ0n) is 11.1. The lowest BCUT2D eigenvalue weighted by Gasteiger charge is -2.38. The molecule has 0 saturated heterocycles. The van der Waals surface area contributed by atoms with Crippen molar-refractivity contribution in [3.8, 4) is 6.07 Å². The van der Waals surface area contributed by atoms with E-state index < -0.39 is 11.1 Å². The molecule has 1 amide bonds. The van der Waals surface area contributed by atoms with Gasteiger partial charge in [0.1, 0.15) is 0 Å². The van der Waals surface area contributed by atoms with Gasteiger partial charge in [0.15, 0.2) is 0 Å². The fourth-order valence-corrected chi connectivity index (χ4v) is 1.24. The number of nitriles is 1. The molecule has 0 fully saturated rings. The van der Waals surface area contributed by atoms with Gasteiger partial charge in [0.2, 0.25) is 0 Å². The monoisotopic (exact) mass is 246 g/mol. The molecule has 1 rings (SSSR count). The van der Waals surface area contributed by atoms with Crippen molar-refractivity contribution < 1.29 is 9.90 Å². The third kappa shape index (κ3) is 3.08. The number of hydrogen-bond donors (Lipinski definition) is 2. The van der Waals surface area contributed by atoms with Crippen LogP contribution >= 0.6 is 0 Å². The summed E-state index contributed by atoms with van der Waals surface area (Å²) < 4.78 is 0. The normalized spacial score (nSPS) is 11.8. The van der Waals surface area contributed by atoms with E-state index in [0.29, 0.717) is 11.1 Å². The Labute approximate surface area is 107 Å². The van der Waals surface area contributed by atoms with Gasteiger partial charge in [-0.15, -0.1) is 0 Å². The molecule has 0 radical (unpaired) electrons. The van der Waals surface area contributed by atoms with Crippen LogP contribution in [-0.4, -0.2) is 22.2 Å². The van der Waals surface area contributed by atoms with Crippen LogP contribution < -0.4 is 5.32 Å². The van der Waals surface area contributed by atoms with Crippen LogP contribution in [-0.2, 0) is 0 Å². The van der Waals surface area contributed by atoms with Gasteiger partial charge in [0.25, 0.3) is 5.91 Å². The fraction of sp³-hybridized carbons (Fsp3) is 0.429. The van der Waals surface area contributed by atoms with Crippen molar-refractivity contribution in [2.24, 2.45) is 0 Å². The van der Waals surface area contributed by atoms with Gasteiger partial charge in [-0.3, -0.25) is 4.79 Å². The molecule has 0 unspecified atom stereocenters. The van der Waals surface area contributed by atoms with Gasteiger partial charge in [-0.1, -0.05) is 6.07 Å². The van der Waals surface area contributed by atoms with E-state index in [1.807, 2.05) is 6.07 Å². The largest absolute Gasteiger partial charge is 0.388 e. The Morgan fingerprint density at radius 1 is 1.33 bits per heavy atom. The van der Waals surface area contributed by atoms with Gasteiger partial charge >= 0.3 is 0 Å². The second-order valence-electron chi connectivity index (χ2n) is 5.33. The molecule has 2 N–H and O–H groups in total. The van der Waals surface area contributed by atoms with E-state index >= 15 is 0 Å². The van der Waals surface area contributed by atoms with E-state index in [1.165, 1.54) is 6.07 Å². The summed E-state index contributed by atoms with van der Waals surface area (Å²) in [5.41, 5.74) is -0.975. The first-order chi connectivity index (χ1) is 8.17. The minimum Gasteiger partial charge on any atom is -0.388 e. The first kappa shape index (κ1) is 14.2. The SMILES string of the molecule is CC(C)(O)C(C)(C)NC(=O)c1cccc(C#N)c1. The van der Waals surface area contributed by atoms with E-state index in [9.17, 15) is 9.90 Å². The van der Waals surface area contributed by atoms with E-state index in [1.54, 1.807) is 45.9 Å². The molecule has 96 valence electrons. The molecule has 0 atom stereocenters. The number of nitrogens with one attached hydrogen (secondary N) is 1. The van der Waals surface area contributed by atoms with E-state index in [-0.39, 0.29) is 5.91 Å². The third-order valence-electron chi connectivity index (χ3n) is 3.21. The van der Waals surface area contributed by atoms with E-state index in [4.69, 9.17) is 5.26 Å². The highest BCUT2D eigenvalue weighted by Crippen LogP contribution is 2.21. The lowest BCUT2D eigenvalue weighted by molar-refractivity contribution is -0.00292. The molecule has 0 aliphatic heterocycles. The van der Waals surface area contributed by atoms with E-state index in [2.05, 4.69) is 5.32 Å². The molecule has 0 spiro atoms. The summed E-state index contributed by atoms with van der Waals surface area (Å²) in [5, 5.41) is 21.5. The van der Waals surface area contributed by atoms with Gasteiger partial charge in [-0.2, -0.15) is 5.26 Å². The molecule has 0 aromatic heterocycles. The quantitative estimate of drug-likeness (QED) is 0.854. The molecule has 4 nitrogen and oxygen atoms in total. The average molecular weight is 246 g/mol. The van der Waals surface area contributed by atoms with Gasteiger partial charge in [-0.05, 0) is 45.9 Å².